The van der Waals surface area contributed by atoms with E-state index < -0.39 is 0 Å². The average molecular weight is 217 g/mol. The number of nitrogens with one attached hydrogen (secondary N) is 1. The van der Waals surface area contributed by atoms with E-state index in [0.717, 1.165) is 24.0 Å². The zero-order chi connectivity index (χ0) is 11.0. The van der Waals surface area contributed by atoms with Crippen LogP contribution in [0.2, 0.25) is 0 Å². The summed E-state index contributed by atoms with van der Waals surface area (Å²) >= 11 is 0. The van der Waals surface area contributed by atoms with Crippen molar-refractivity contribution in [3.63, 3.8) is 0 Å². The molecule has 0 aliphatic carbocycles. The van der Waals surface area contributed by atoms with E-state index in [2.05, 4.69) is 40.3 Å². The highest BCUT2D eigenvalue weighted by molar-refractivity contribution is 5.41. The first-order valence-corrected chi connectivity index (χ1v) is 6.25. The van der Waals surface area contributed by atoms with Gasteiger partial charge in [0.25, 0.3) is 0 Å². The minimum atomic E-state index is 0.691. The average Bonchev–Trinajstić information content (AvgIpc) is 2.72. The number of fused-ring (bicyclic) bond motifs is 1. The maximum atomic E-state index is 4.61. The Morgan fingerprint density at radius 2 is 2.31 bits per heavy atom. The molecule has 3 heterocycles. The first kappa shape index (κ1) is 10.1. The number of anilines is 1. The summed E-state index contributed by atoms with van der Waals surface area (Å²) in [5, 5.41) is 3.63. The Kier molecular flexibility index (Phi) is 2.56. The van der Waals surface area contributed by atoms with Gasteiger partial charge in [-0.05, 0) is 44.4 Å². The monoisotopic (exact) mass is 217 g/mol. The van der Waals surface area contributed by atoms with Gasteiger partial charge < -0.3 is 10.2 Å². The highest BCUT2D eigenvalue weighted by Gasteiger charge is 2.34. The van der Waals surface area contributed by atoms with Gasteiger partial charge in [0.1, 0.15) is 5.82 Å². The molecule has 86 valence electrons. The molecule has 3 rings (SSSR count). The van der Waals surface area contributed by atoms with Crippen molar-refractivity contribution in [3.05, 3.63) is 23.9 Å². The standard InChI is InChI=1S/C13H19N3/c1-10-4-2-6-13(15-10)16-8-11-5-3-7-14-12(11)9-16/h2,4,6,11-12,14H,3,5,7-9H2,1H3. The van der Waals surface area contributed by atoms with Crippen LogP contribution in [-0.4, -0.2) is 30.7 Å². The number of hydrogen-bond donors (Lipinski definition) is 1. The third-order valence-electron chi connectivity index (χ3n) is 3.80. The molecule has 1 aromatic rings. The third-order valence-corrected chi connectivity index (χ3v) is 3.80. The number of aromatic nitrogens is 1. The van der Waals surface area contributed by atoms with Crippen LogP contribution in [0.5, 0.6) is 0 Å². The van der Waals surface area contributed by atoms with E-state index in [1.54, 1.807) is 0 Å². The Bertz CT molecular complexity index is 363. The van der Waals surface area contributed by atoms with Gasteiger partial charge in [-0.3, -0.25) is 0 Å². The molecule has 3 nitrogen and oxygen atoms in total. The Morgan fingerprint density at radius 3 is 3.12 bits per heavy atom. The smallest absolute Gasteiger partial charge is 0.128 e. The summed E-state index contributed by atoms with van der Waals surface area (Å²) in [6, 6.07) is 6.98. The zero-order valence-corrected chi connectivity index (χ0v) is 9.82. The van der Waals surface area contributed by atoms with Crippen LogP contribution < -0.4 is 10.2 Å². The Labute approximate surface area is 96.9 Å². The lowest BCUT2D eigenvalue weighted by Crippen LogP contribution is -2.40. The van der Waals surface area contributed by atoms with E-state index in [-0.39, 0.29) is 0 Å². The number of aryl methyl sites for hydroxylation is 1. The number of nitrogens with zero attached hydrogens (tertiary/aromatic N) is 2. The molecule has 2 aliphatic rings. The van der Waals surface area contributed by atoms with E-state index >= 15 is 0 Å². The topological polar surface area (TPSA) is 28.2 Å². The molecule has 3 heteroatoms. The second-order valence-corrected chi connectivity index (χ2v) is 5.01. The van der Waals surface area contributed by atoms with Crippen LogP contribution >= 0.6 is 0 Å². The molecule has 0 aromatic carbocycles. The van der Waals surface area contributed by atoms with Gasteiger partial charge in [0.15, 0.2) is 0 Å². The minimum absolute atomic E-state index is 0.691. The quantitative estimate of drug-likeness (QED) is 0.774. The maximum Gasteiger partial charge on any atom is 0.128 e. The predicted molar refractivity (Wildman–Crippen MR) is 65.7 cm³/mol. The van der Waals surface area contributed by atoms with Gasteiger partial charge in [0.2, 0.25) is 0 Å². The molecular formula is C13H19N3. The van der Waals surface area contributed by atoms with Crippen LogP contribution in [0, 0.1) is 12.8 Å². The lowest BCUT2D eigenvalue weighted by molar-refractivity contribution is 0.340. The molecule has 0 saturated carbocycles. The van der Waals surface area contributed by atoms with Crippen LogP contribution in [0.15, 0.2) is 18.2 Å². The molecule has 2 saturated heterocycles. The Morgan fingerprint density at radius 1 is 1.38 bits per heavy atom. The van der Waals surface area contributed by atoms with Crippen molar-refractivity contribution in [1.29, 1.82) is 0 Å². The minimum Gasteiger partial charge on any atom is -0.355 e. The molecule has 16 heavy (non-hydrogen) atoms. The molecule has 0 spiro atoms. The molecule has 2 fully saturated rings. The second kappa shape index (κ2) is 4.06. The number of pyridine rings is 1. The molecule has 1 aromatic heterocycles. The summed E-state index contributed by atoms with van der Waals surface area (Å²) in [7, 11) is 0. The first-order chi connectivity index (χ1) is 7.83. The van der Waals surface area contributed by atoms with Crippen molar-refractivity contribution in [2.45, 2.75) is 25.8 Å². The summed E-state index contributed by atoms with van der Waals surface area (Å²) in [6.45, 7) is 5.55. The molecule has 0 radical (unpaired) electrons. The van der Waals surface area contributed by atoms with E-state index in [0.29, 0.717) is 6.04 Å². The van der Waals surface area contributed by atoms with E-state index in [4.69, 9.17) is 0 Å². The van der Waals surface area contributed by atoms with Crippen LogP contribution in [0.1, 0.15) is 18.5 Å². The van der Waals surface area contributed by atoms with Crippen molar-refractivity contribution in [2.24, 2.45) is 5.92 Å². The zero-order valence-electron chi connectivity index (χ0n) is 9.82. The summed E-state index contributed by atoms with van der Waals surface area (Å²) in [6.07, 6.45) is 2.70. The normalized spacial score (nSPS) is 29.2. The van der Waals surface area contributed by atoms with Gasteiger partial charge in [-0.25, -0.2) is 4.98 Å². The maximum absolute atomic E-state index is 4.61. The molecule has 2 atom stereocenters. The lowest BCUT2D eigenvalue weighted by atomic mass is 9.94. The summed E-state index contributed by atoms with van der Waals surface area (Å²) < 4.78 is 0. The van der Waals surface area contributed by atoms with Crippen molar-refractivity contribution in [2.75, 3.05) is 24.5 Å². The van der Waals surface area contributed by atoms with Crippen molar-refractivity contribution >= 4 is 5.82 Å². The van der Waals surface area contributed by atoms with Crippen LogP contribution in [0.25, 0.3) is 0 Å². The third kappa shape index (κ3) is 1.80. The second-order valence-electron chi connectivity index (χ2n) is 5.01. The molecule has 2 unspecified atom stereocenters. The van der Waals surface area contributed by atoms with E-state index in [1.165, 1.54) is 25.9 Å². The van der Waals surface area contributed by atoms with Gasteiger partial charge in [0, 0.05) is 24.8 Å². The predicted octanol–water partition coefficient (Wildman–Crippen LogP) is 1.58. The Hall–Kier alpha value is -1.09. The fraction of sp³-hybridized carbons (Fsp3) is 0.615. The van der Waals surface area contributed by atoms with Gasteiger partial charge in [-0.15, -0.1) is 0 Å². The molecule has 2 aliphatic heterocycles. The largest absolute Gasteiger partial charge is 0.355 e. The fourth-order valence-electron chi connectivity index (χ4n) is 2.94. The lowest BCUT2D eigenvalue weighted by Gasteiger charge is -2.24. The summed E-state index contributed by atoms with van der Waals surface area (Å²) in [5.41, 5.74) is 1.11. The summed E-state index contributed by atoms with van der Waals surface area (Å²) in [4.78, 5) is 7.04. The van der Waals surface area contributed by atoms with E-state index in [9.17, 15) is 0 Å². The number of piperidine rings is 1. The van der Waals surface area contributed by atoms with Crippen molar-refractivity contribution in [1.82, 2.24) is 10.3 Å². The van der Waals surface area contributed by atoms with Crippen molar-refractivity contribution < 1.29 is 0 Å². The van der Waals surface area contributed by atoms with Crippen LogP contribution in [0.3, 0.4) is 0 Å². The van der Waals surface area contributed by atoms with Crippen LogP contribution in [-0.2, 0) is 0 Å². The van der Waals surface area contributed by atoms with Crippen molar-refractivity contribution in [3.8, 4) is 0 Å². The first-order valence-electron chi connectivity index (χ1n) is 6.25. The molecule has 0 amide bonds. The fourth-order valence-corrected chi connectivity index (χ4v) is 2.94. The molecule has 1 N–H and O–H groups in total. The number of hydrogen-bond acceptors (Lipinski definition) is 3. The molecule has 0 bridgehead atoms. The van der Waals surface area contributed by atoms with Crippen LogP contribution in [0.4, 0.5) is 5.82 Å². The Balaban J connectivity index is 1.77. The molecular weight excluding hydrogens is 198 g/mol. The summed E-state index contributed by atoms with van der Waals surface area (Å²) in [5.74, 6) is 1.98. The SMILES string of the molecule is Cc1cccc(N2CC3CCCNC3C2)n1. The number of rotatable bonds is 1. The highest BCUT2D eigenvalue weighted by atomic mass is 15.2. The van der Waals surface area contributed by atoms with E-state index in [1.807, 2.05) is 0 Å². The van der Waals surface area contributed by atoms with Gasteiger partial charge in [-0.1, -0.05) is 6.07 Å². The van der Waals surface area contributed by atoms with Gasteiger partial charge in [0.05, 0.1) is 0 Å². The van der Waals surface area contributed by atoms with Gasteiger partial charge in [-0.2, -0.15) is 0 Å². The highest BCUT2D eigenvalue weighted by Crippen LogP contribution is 2.27. The van der Waals surface area contributed by atoms with Gasteiger partial charge >= 0.3 is 0 Å².